The summed E-state index contributed by atoms with van der Waals surface area (Å²) in [4.78, 5) is 27.3. The number of rotatable bonds is 6. The number of aromatic nitrogens is 4. The molecule has 0 fully saturated rings. The van der Waals surface area contributed by atoms with Crippen LogP contribution in [-0.4, -0.2) is 45.5 Å². The number of carbonyl (C=O) groups is 2. The van der Waals surface area contributed by atoms with Crippen molar-refractivity contribution in [3.05, 3.63) is 42.9 Å². The van der Waals surface area contributed by atoms with Crippen molar-refractivity contribution in [2.45, 2.75) is 19.4 Å². The van der Waals surface area contributed by atoms with Crippen LogP contribution in [0.2, 0.25) is 0 Å². The second-order valence-electron chi connectivity index (χ2n) is 5.48. The van der Waals surface area contributed by atoms with Crippen molar-refractivity contribution in [2.24, 2.45) is 0 Å². The lowest BCUT2D eigenvalue weighted by Gasteiger charge is -2.23. The summed E-state index contributed by atoms with van der Waals surface area (Å²) in [5.41, 5.74) is 0.592. The summed E-state index contributed by atoms with van der Waals surface area (Å²) in [5.74, 6) is -0.718. The minimum Gasteiger partial charge on any atom is -0.466 e. The zero-order valence-electron chi connectivity index (χ0n) is 13.8. The molecular formula is C16H19N5O3. The van der Waals surface area contributed by atoms with E-state index in [2.05, 4.69) is 25.3 Å². The molecule has 0 atom stereocenters. The first-order chi connectivity index (χ1) is 11.4. The molecular weight excluding hydrogens is 310 g/mol. The average Bonchev–Trinajstić information content (AvgIpc) is 3.09. The molecule has 0 aliphatic heterocycles. The molecule has 0 unspecified atom stereocenters. The average molecular weight is 329 g/mol. The number of amides is 1. The number of nitrogens with one attached hydrogen (secondary N) is 1. The van der Waals surface area contributed by atoms with Gasteiger partial charge in [-0.15, -0.1) is 5.10 Å². The van der Waals surface area contributed by atoms with E-state index in [4.69, 9.17) is 0 Å². The van der Waals surface area contributed by atoms with E-state index in [1.807, 2.05) is 12.1 Å². The van der Waals surface area contributed by atoms with Crippen molar-refractivity contribution < 1.29 is 14.3 Å². The zero-order chi connectivity index (χ0) is 17.6. The van der Waals surface area contributed by atoms with Crippen molar-refractivity contribution in [1.29, 1.82) is 0 Å². The van der Waals surface area contributed by atoms with Gasteiger partial charge in [-0.2, -0.15) is 0 Å². The molecule has 0 aliphatic rings. The van der Waals surface area contributed by atoms with Crippen LogP contribution in [-0.2, 0) is 19.9 Å². The SMILES string of the molecule is COC(=O)/C=C/CNC(=O)C(C)(C)n1cc(-c2ccncc2)nn1. The molecule has 24 heavy (non-hydrogen) atoms. The van der Waals surface area contributed by atoms with Gasteiger partial charge >= 0.3 is 5.97 Å². The van der Waals surface area contributed by atoms with E-state index in [1.165, 1.54) is 23.9 Å². The van der Waals surface area contributed by atoms with Gasteiger partial charge in [0.2, 0.25) is 5.91 Å². The standard InChI is InChI=1S/C16H19N5O3/c1-16(2,15(23)18-8-4-5-14(22)24-3)21-11-13(19-20-21)12-6-9-17-10-7-12/h4-7,9-11H,8H2,1-3H3,(H,18,23)/b5-4+. The number of carbonyl (C=O) groups excluding carboxylic acids is 2. The zero-order valence-corrected chi connectivity index (χ0v) is 13.8. The highest BCUT2D eigenvalue weighted by atomic mass is 16.5. The molecule has 8 nitrogen and oxygen atoms in total. The molecule has 2 aromatic rings. The van der Waals surface area contributed by atoms with Crippen LogP contribution in [0.4, 0.5) is 0 Å². The van der Waals surface area contributed by atoms with Gasteiger partial charge in [-0.3, -0.25) is 9.78 Å². The van der Waals surface area contributed by atoms with E-state index in [1.54, 1.807) is 32.4 Å². The predicted octanol–water partition coefficient (Wildman–Crippen LogP) is 0.921. The Morgan fingerprint density at radius 2 is 2.04 bits per heavy atom. The van der Waals surface area contributed by atoms with Crippen LogP contribution in [0.15, 0.2) is 42.9 Å². The fourth-order valence-corrected chi connectivity index (χ4v) is 1.89. The summed E-state index contributed by atoms with van der Waals surface area (Å²) in [6, 6.07) is 3.64. The third-order valence-electron chi connectivity index (χ3n) is 3.43. The van der Waals surface area contributed by atoms with Gasteiger partial charge in [0.05, 0.1) is 13.3 Å². The molecule has 8 heteroatoms. The Bertz CT molecular complexity index is 737. The van der Waals surface area contributed by atoms with Crippen LogP contribution in [0, 0.1) is 0 Å². The number of ether oxygens (including phenoxy) is 1. The molecule has 2 aromatic heterocycles. The van der Waals surface area contributed by atoms with Crippen LogP contribution in [0.1, 0.15) is 13.8 Å². The number of hydrogen-bond acceptors (Lipinski definition) is 6. The quantitative estimate of drug-likeness (QED) is 0.625. The number of pyridine rings is 1. The fraction of sp³-hybridized carbons (Fsp3) is 0.312. The van der Waals surface area contributed by atoms with Crippen LogP contribution in [0.25, 0.3) is 11.3 Å². The molecule has 1 amide bonds. The van der Waals surface area contributed by atoms with Gasteiger partial charge in [-0.1, -0.05) is 11.3 Å². The van der Waals surface area contributed by atoms with Crippen LogP contribution >= 0.6 is 0 Å². The lowest BCUT2D eigenvalue weighted by molar-refractivity contribution is -0.135. The lowest BCUT2D eigenvalue weighted by atomic mass is 10.0. The maximum atomic E-state index is 12.4. The van der Waals surface area contributed by atoms with Crippen LogP contribution in [0.5, 0.6) is 0 Å². The van der Waals surface area contributed by atoms with Gasteiger partial charge in [0, 0.05) is 30.6 Å². The molecule has 0 bridgehead atoms. The van der Waals surface area contributed by atoms with Crippen molar-refractivity contribution in [3.63, 3.8) is 0 Å². The van der Waals surface area contributed by atoms with E-state index in [0.717, 1.165) is 5.56 Å². The Hall–Kier alpha value is -3.03. The summed E-state index contributed by atoms with van der Waals surface area (Å²) < 4.78 is 5.98. The predicted molar refractivity (Wildman–Crippen MR) is 86.7 cm³/mol. The summed E-state index contributed by atoms with van der Waals surface area (Å²) in [6.45, 7) is 3.68. The minimum atomic E-state index is -0.933. The summed E-state index contributed by atoms with van der Waals surface area (Å²) in [5, 5.41) is 10.9. The van der Waals surface area contributed by atoms with E-state index in [0.29, 0.717) is 5.69 Å². The van der Waals surface area contributed by atoms with E-state index >= 15 is 0 Å². The molecule has 2 rings (SSSR count). The maximum absolute atomic E-state index is 12.4. The number of nitrogens with zero attached hydrogens (tertiary/aromatic N) is 4. The van der Waals surface area contributed by atoms with E-state index in [9.17, 15) is 9.59 Å². The highest BCUT2D eigenvalue weighted by Gasteiger charge is 2.30. The first-order valence-electron chi connectivity index (χ1n) is 7.31. The van der Waals surface area contributed by atoms with Gasteiger partial charge in [0.1, 0.15) is 11.2 Å². The second-order valence-corrected chi connectivity index (χ2v) is 5.48. The third kappa shape index (κ3) is 4.03. The first kappa shape index (κ1) is 17.3. The number of hydrogen-bond donors (Lipinski definition) is 1. The number of esters is 1. The van der Waals surface area contributed by atoms with Gasteiger partial charge < -0.3 is 10.1 Å². The van der Waals surface area contributed by atoms with Crippen LogP contribution in [0.3, 0.4) is 0 Å². The highest BCUT2D eigenvalue weighted by Crippen LogP contribution is 2.19. The van der Waals surface area contributed by atoms with Gasteiger partial charge in [-0.25, -0.2) is 9.48 Å². The maximum Gasteiger partial charge on any atom is 0.330 e. The molecule has 0 aromatic carbocycles. The Kier molecular flexibility index (Phi) is 5.41. The second kappa shape index (κ2) is 7.49. The van der Waals surface area contributed by atoms with Gasteiger partial charge in [-0.05, 0) is 26.0 Å². The van der Waals surface area contributed by atoms with Crippen LogP contribution < -0.4 is 5.32 Å². The van der Waals surface area contributed by atoms with Gasteiger partial charge in [0.25, 0.3) is 0 Å². The van der Waals surface area contributed by atoms with Crippen molar-refractivity contribution in [3.8, 4) is 11.3 Å². The third-order valence-corrected chi connectivity index (χ3v) is 3.43. The Morgan fingerprint density at radius 1 is 1.33 bits per heavy atom. The first-order valence-corrected chi connectivity index (χ1v) is 7.31. The molecule has 126 valence electrons. The molecule has 1 N–H and O–H groups in total. The van der Waals surface area contributed by atoms with Crippen molar-refractivity contribution in [1.82, 2.24) is 25.3 Å². The smallest absolute Gasteiger partial charge is 0.330 e. The highest BCUT2D eigenvalue weighted by molar-refractivity contribution is 5.84. The summed E-state index contributed by atoms with van der Waals surface area (Å²) in [6.07, 6.45) is 7.81. The summed E-state index contributed by atoms with van der Waals surface area (Å²) >= 11 is 0. The summed E-state index contributed by atoms with van der Waals surface area (Å²) in [7, 11) is 1.29. The minimum absolute atomic E-state index is 0.212. The topological polar surface area (TPSA) is 99.0 Å². The Labute approximate surface area is 139 Å². The van der Waals surface area contributed by atoms with Crippen molar-refractivity contribution >= 4 is 11.9 Å². The van der Waals surface area contributed by atoms with Gasteiger partial charge in [0.15, 0.2) is 0 Å². The molecule has 0 saturated heterocycles. The molecule has 0 radical (unpaired) electrons. The normalized spacial score (nSPS) is 11.5. The van der Waals surface area contributed by atoms with Crippen molar-refractivity contribution in [2.75, 3.05) is 13.7 Å². The lowest BCUT2D eigenvalue weighted by Crippen LogP contribution is -2.44. The molecule has 2 heterocycles. The molecule has 0 saturated carbocycles. The fourth-order valence-electron chi connectivity index (χ4n) is 1.89. The van der Waals surface area contributed by atoms with E-state index < -0.39 is 11.5 Å². The molecule has 0 spiro atoms. The monoisotopic (exact) mass is 329 g/mol. The number of methoxy groups -OCH3 is 1. The van der Waals surface area contributed by atoms with E-state index in [-0.39, 0.29) is 12.5 Å². The largest absolute Gasteiger partial charge is 0.466 e. The Balaban J connectivity index is 2.04. The molecule has 0 aliphatic carbocycles. The Morgan fingerprint density at radius 3 is 2.71 bits per heavy atom.